The molecule has 38 heavy (non-hydrogen) atoms. The van der Waals surface area contributed by atoms with Gasteiger partial charge in [0.15, 0.2) is 11.5 Å². The topological polar surface area (TPSA) is 65.4 Å². The number of allylic oxidation sites excluding steroid dienone is 1. The number of hydrogen-bond donors (Lipinski definition) is 1. The number of nitrogens with one attached hydrogen (secondary N) is 1. The third kappa shape index (κ3) is 7.25. The largest absolute Gasteiger partial charge is 0.493 e. The normalized spacial score (nSPS) is 10.9. The van der Waals surface area contributed by atoms with Crippen molar-refractivity contribution in [3.63, 3.8) is 0 Å². The molecule has 4 rings (SSSR count). The molecule has 0 saturated carbocycles. The summed E-state index contributed by atoms with van der Waals surface area (Å²) in [4.78, 5) is 17.2. The maximum atomic E-state index is 12.3. The number of carbonyl (C=O) groups is 1. The summed E-state index contributed by atoms with van der Waals surface area (Å²) in [6, 6.07) is 21.6. The number of imidazole rings is 1. The van der Waals surface area contributed by atoms with Crippen molar-refractivity contribution >= 4 is 32.9 Å². The summed E-state index contributed by atoms with van der Waals surface area (Å²) in [7, 11) is 1.66. The van der Waals surface area contributed by atoms with Crippen LogP contribution in [-0.2, 0) is 19.4 Å². The molecule has 1 N–H and O–H groups in total. The number of hydrogen-bond acceptors (Lipinski definition) is 4. The molecule has 1 aromatic heterocycles. The Labute approximate surface area is 232 Å². The molecular weight excluding hydrogens is 542 g/mol. The van der Waals surface area contributed by atoms with Crippen molar-refractivity contribution in [3.05, 3.63) is 101 Å². The average Bonchev–Trinajstić information content (AvgIpc) is 3.28. The Morgan fingerprint density at radius 1 is 1.05 bits per heavy atom. The van der Waals surface area contributed by atoms with E-state index < -0.39 is 0 Å². The van der Waals surface area contributed by atoms with E-state index in [1.54, 1.807) is 7.11 Å². The van der Waals surface area contributed by atoms with E-state index >= 15 is 0 Å². The molecule has 0 spiro atoms. The lowest BCUT2D eigenvalue weighted by Gasteiger charge is -2.14. The number of methoxy groups -OCH3 is 1. The van der Waals surface area contributed by atoms with Crippen molar-refractivity contribution in [1.82, 2.24) is 14.9 Å². The number of halogens is 1. The minimum atomic E-state index is -0.0416. The summed E-state index contributed by atoms with van der Waals surface area (Å²) in [5, 5.41) is 3.01. The van der Waals surface area contributed by atoms with E-state index in [2.05, 4.69) is 44.5 Å². The van der Waals surface area contributed by atoms with Crippen molar-refractivity contribution < 1.29 is 14.3 Å². The predicted octanol–water partition coefficient (Wildman–Crippen LogP) is 6.76. The summed E-state index contributed by atoms with van der Waals surface area (Å²) in [6.45, 7) is 5.66. The van der Waals surface area contributed by atoms with Crippen LogP contribution in [0.5, 0.6) is 11.5 Å². The van der Waals surface area contributed by atoms with Crippen molar-refractivity contribution in [1.29, 1.82) is 0 Å². The Kier molecular flexibility index (Phi) is 9.98. The number of aryl methyl sites for hydroxylation is 1. The number of aromatic nitrogens is 2. The third-order valence-corrected chi connectivity index (χ3v) is 6.86. The SMILES string of the molecule is C=CCc1ccc(OCCn2c(CCCCCNC(=O)c3cccc(Br)c3)nc3ccccc32)c(OC)c1. The number of benzene rings is 3. The van der Waals surface area contributed by atoms with Gasteiger partial charge in [-0.1, -0.05) is 52.7 Å². The summed E-state index contributed by atoms with van der Waals surface area (Å²) < 4.78 is 14.8. The highest BCUT2D eigenvalue weighted by molar-refractivity contribution is 9.10. The molecule has 198 valence electrons. The molecule has 3 aromatic carbocycles. The van der Waals surface area contributed by atoms with E-state index in [0.29, 0.717) is 25.3 Å². The van der Waals surface area contributed by atoms with Gasteiger partial charge in [0, 0.05) is 23.0 Å². The second-order valence-electron chi connectivity index (χ2n) is 9.07. The van der Waals surface area contributed by atoms with Crippen LogP contribution in [0.2, 0.25) is 0 Å². The highest BCUT2D eigenvalue weighted by Crippen LogP contribution is 2.28. The number of fused-ring (bicyclic) bond motifs is 1. The van der Waals surface area contributed by atoms with Crippen LogP contribution in [0.1, 0.15) is 41.0 Å². The number of carbonyl (C=O) groups excluding carboxylic acids is 1. The highest BCUT2D eigenvalue weighted by Gasteiger charge is 2.12. The quantitative estimate of drug-likeness (QED) is 0.133. The van der Waals surface area contributed by atoms with E-state index in [0.717, 1.165) is 70.5 Å². The van der Waals surface area contributed by atoms with E-state index in [4.69, 9.17) is 14.5 Å². The van der Waals surface area contributed by atoms with Crippen LogP contribution in [0.25, 0.3) is 11.0 Å². The summed E-state index contributed by atoms with van der Waals surface area (Å²) >= 11 is 3.41. The van der Waals surface area contributed by atoms with Crippen LogP contribution < -0.4 is 14.8 Å². The first kappa shape index (κ1) is 27.5. The monoisotopic (exact) mass is 575 g/mol. The van der Waals surface area contributed by atoms with Crippen LogP contribution >= 0.6 is 15.9 Å². The van der Waals surface area contributed by atoms with Crippen LogP contribution in [0.4, 0.5) is 0 Å². The Hall–Kier alpha value is -3.58. The Bertz CT molecular complexity index is 1380. The lowest BCUT2D eigenvalue weighted by Crippen LogP contribution is -2.24. The summed E-state index contributed by atoms with van der Waals surface area (Å²) in [6.07, 6.45) is 6.46. The molecule has 1 heterocycles. The molecular formula is C31H34BrN3O3. The maximum absolute atomic E-state index is 12.3. The van der Waals surface area contributed by atoms with Gasteiger partial charge in [0.05, 0.1) is 24.7 Å². The van der Waals surface area contributed by atoms with Gasteiger partial charge in [-0.25, -0.2) is 4.98 Å². The highest BCUT2D eigenvalue weighted by atomic mass is 79.9. The molecule has 7 heteroatoms. The molecule has 0 fully saturated rings. The minimum Gasteiger partial charge on any atom is -0.493 e. The van der Waals surface area contributed by atoms with Crippen LogP contribution in [0.15, 0.2) is 83.9 Å². The van der Waals surface area contributed by atoms with Gasteiger partial charge in [-0.15, -0.1) is 6.58 Å². The van der Waals surface area contributed by atoms with Crippen molar-refractivity contribution in [2.75, 3.05) is 20.3 Å². The zero-order valence-electron chi connectivity index (χ0n) is 21.8. The number of ether oxygens (including phenoxy) is 2. The lowest BCUT2D eigenvalue weighted by atomic mass is 10.1. The number of rotatable bonds is 14. The van der Waals surface area contributed by atoms with Gasteiger partial charge in [-0.05, 0) is 67.3 Å². The summed E-state index contributed by atoms with van der Waals surface area (Å²) in [5.74, 6) is 2.48. The molecule has 0 aliphatic heterocycles. The zero-order valence-corrected chi connectivity index (χ0v) is 23.4. The lowest BCUT2D eigenvalue weighted by molar-refractivity contribution is 0.0953. The van der Waals surface area contributed by atoms with E-state index in [-0.39, 0.29) is 5.91 Å². The Morgan fingerprint density at radius 3 is 2.74 bits per heavy atom. The van der Waals surface area contributed by atoms with Gasteiger partial charge < -0.3 is 19.4 Å². The zero-order chi connectivity index (χ0) is 26.7. The van der Waals surface area contributed by atoms with Gasteiger partial charge in [0.1, 0.15) is 12.4 Å². The molecule has 6 nitrogen and oxygen atoms in total. The van der Waals surface area contributed by atoms with Crippen molar-refractivity contribution in [2.45, 2.75) is 38.6 Å². The second kappa shape index (κ2) is 13.8. The molecule has 4 aromatic rings. The standard InChI is InChI=1S/C31H34BrN3O3/c1-3-10-23-16-17-28(29(21-23)37-2)38-20-19-35-27-14-7-6-13-26(27)34-30(35)15-5-4-8-18-33-31(36)24-11-9-12-25(32)22-24/h3,6-7,9,11-14,16-17,21-22H,1,4-5,8,10,15,18-20H2,2H3,(H,33,36). The average molecular weight is 577 g/mol. The van der Waals surface area contributed by atoms with Gasteiger partial charge in [0.2, 0.25) is 0 Å². The molecule has 0 radical (unpaired) electrons. The van der Waals surface area contributed by atoms with Crippen LogP contribution in [0.3, 0.4) is 0 Å². The van der Waals surface area contributed by atoms with Gasteiger partial charge in [-0.2, -0.15) is 0 Å². The van der Waals surface area contributed by atoms with Crippen molar-refractivity contribution in [3.8, 4) is 11.5 Å². The third-order valence-electron chi connectivity index (χ3n) is 6.36. The fourth-order valence-corrected chi connectivity index (χ4v) is 4.86. The second-order valence-corrected chi connectivity index (χ2v) is 9.99. The Morgan fingerprint density at radius 2 is 1.92 bits per heavy atom. The van der Waals surface area contributed by atoms with Gasteiger partial charge >= 0.3 is 0 Å². The molecule has 0 bridgehead atoms. The molecule has 0 atom stereocenters. The molecule has 0 aliphatic rings. The number of para-hydroxylation sites is 2. The maximum Gasteiger partial charge on any atom is 0.251 e. The number of nitrogens with zero attached hydrogens (tertiary/aromatic N) is 2. The molecule has 0 aliphatic carbocycles. The first-order chi connectivity index (χ1) is 18.6. The molecule has 1 amide bonds. The van der Waals surface area contributed by atoms with Crippen LogP contribution in [0, 0.1) is 0 Å². The first-order valence-electron chi connectivity index (χ1n) is 13.0. The molecule has 0 unspecified atom stereocenters. The fraction of sp³-hybridized carbons (Fsp3) is 0.290. The van der Waals surface area contributed by atoms with E-state index in [9.17, 15) is 4.79 Å². The predicted molar refractivity (Wildman–Crippen MR) is 156 cm³/mol. The minimum absolute atomic E-state index is 0.0416. The number of amides is 1. The van der Waals surface area contributed by atoms with Gasteiger partial charge in [-0.3, -0.25) is 4.79 Å². The van der Waals surface area contributed by atoms with Crippen molar-refractivity contribution in [2.24, 2.45) is 0 Å². The van der Waals surface area contributed by atoms with Gasteiger partial charge in [0.25, 0.3) is 5.91 Å². The fourth-order valence-electron chi connectivity index (χ4n) is 4.46. The summed E-state index contributed by atoms with van der Waals surface area (Å²) in [5.41, 5.74) is 3.91. The van der Waals surface area contributed by atoms with E-state index in [1.165, 1.54) is 0 Å². The smallest absolute Gasteiger partial charge is 0.251 e. The van der Waals surface area contributed by atoms with Crippen LogP contribution in [-0.4, -0.2) is 35.7 Å². The Balaban J connectivity index is 1.30. The number of unbranched alkanes of at least 4 members (excludes halogenated alkanes) is 2. The molecule has 0 saturated heterocycles. The van der Waals surface area contributed by atoms with E-state index in [1.807, 2.05) is 60.7 Å². The first-order valence-corrected chi connectivity index (χ1v) is 13.8.